The molecule has 0 aliphatic heterocycles. The first kappa shape index (κ1) is 22.5. The Labute approximate surface area is 193 Å². The summed E-state index contributed by atoms with van der Waals surface area (Å²) in [5, 5.41) is 10.3. The van der Waals surface area contributed by atoms with Crippen molar-refractivity contribution in [2.24, 2.45) is 0 Å². The molecule has 2 N–H and O–H groups in total. The van der Waals surface area contributed by atoms with Crippen LogP contribution in [0.15, 0.2) is 87.0 Å². The van der Waals surface area contributed by atoms with Gasteiger partial charge in [-0.25, -0.2) is 12.8 Å². The molecule has 4 aromatic rings. The Morgan fingerprint density at radius 1 is 1.00 bits per heavy atom. The highest BCUT2D eigenvalue weighted by atomic mass is 32.2. The average molecular weight is 485 g/mol. The van der Waals surface area contributed by atoms with E-state index in [4.69, 9.17) is 4.42 Å². The maximum Gasteiger partial charge on any atom is 0.322 e. The van der Waals surface area contributed by atoms with E-state index in [2.05, 4.69) is 20.2 Å². The normalized spacial score (nSPS) is 11.2. The SMILES string of the molecule is CSc1cccc(-c2nnc(NC(=O)c3ccccc3NS(=O)(=O)c3ccc(F)cc3)o2)c1. The average Bonchev–Trinajstić information content (AvgIpc) is 3.28. The molecule has 0 spiro atoms. The smallest absolute Gasteiger partial charge is 0.322 e. The molecule has 8 nitrogen and oxygen atoms in total. The number of para-hydroxylation sites is 1. The lowest BCUT2D eigenvalue weighted by Gasteiger charge is -2.12. The molecule has 0 atom stereocenters. The van der Waals surface area contributed by atoms with Gasteiger partial charge in [0, 0.05) is 10.5 Å². The Bertz CT molecular complexity index is 1410. The van der Waals surface area contributed by atoms with E-state index >= 15 is 0 Å². The maximum atomic E-state index is 13.1. The van der Waals surface area contributed by atoms with E-state index in [0.29, 0.717) is 5.56 Å². The second kappa shape index (κ2) is 9.43. The second-order valence-electron chi connectivity index (χ2n) is 6.70. The summed E-state index contributed by atoms with van der Waals surface area (Å²) in [5.41, 5.74) is 0.765. The van der Waals surface area contributed by atoms with Gasteiger partial charge < -0.3 is 4.42 Å². The topological polar surface area (TPSA) is 114 Å². The molecule has 0 bridgehead atoms. The van der Waals surface area contributed by atoms with Crippen LogP contribution < -0.4 is 10.0 Å². The summed E-state index contributed by atoms with van der Waals surface area (Å²) in [7, 11) is -4.05. The zero-order chi connectivity index (χ0) is 23.4. The van der Waals surface area contributed by atoms with Gasteiger partial charge in [-0.1, -0.05) is 23.3 Å². The molecule has 11 heteroatoms. The fourth-order valence-electron chi connectivity index (χ4n) is 2.90. The minimum Gasteiger partial charge on any atom is -0.403 e. The Balaban J connectivity index is 1.54. The Morgan fingerprint density at radius 2 is 1.76 bits per heavy atom. The summed E-state index contributed by atoms with van der Waals surface area (Å²) in [6.45, 7) is 0. The molecule has 33 heavy (non-hydrogen) atoms. The first-order chi connectivity index (χ1) is 15.9. The van der Waals surface area contributed by atoms with Crippen molar-refractivity contribution in [2.45, 2.75) is 9.79 Å². The highest BCUT2D eigenvalue weighted by molar-refractivity contribution is 7.98. The lowest BCUT2D eigenvalue weighted by molar-refractivity contribution is 0.102. The van der Waals surface area contributed by atoms with Gasteiger partial charge in [0.1, 0.15) is 5.82 Å². The highest BCUT2D eigenvalue weighted by Gasteiger charge is 2.20. The number of nitrogens with zero attached hydrogens (tertiary/aromatic N) is 2. The van der Waals surface area contributed by atoms with Crippen LogP contribution in [0.4, 0.5) is 16.1 Å². The number of rotatable bonds is 7. The van der Waals surface area contributed by atoms with Crippen molar-refractivity contribution in [1.29, 1.82) is 0 Å². The predicted octanol–water partition coefficient (Wildman–Crippen LogP) is 4.65. The molecular weight excluding hydrogens is 467 g/mol. The van der Waals surface area contributed by atoms with Gasteiger partial charge in [0.15, 0.2) is 0 Å². The molecule has 0 saturated heterocycles. The molecule has 1 amide bonds. The number of nitrogens with one attached hydrogen (secondary N) is 2. The zero-order valence-corrected chi connectivity index (χ0v) is 18.8. The maximum absolute atomic E-state index is 13.1. The molecular formula is C22H17FN4O4S2. The van der Waals surface area contributed by atoms with Crippen molar-refractivity contribution in [2.75, 3.05) is 16.3 Å². The molecule has 0 fully saturated rings. The van der Waals surface area contributed by atoms with Crippen molar-refractivity contribution >= 4 is 39.4 Å². The third-order valence-electron chi connectivity index (χ3n) is 4.50. The fraction of sp³-hybridized carbons (Fsp3) is 0.0455. The van der Waals surface area contributed by atoms with Crippen LogP contribution in [0.2, 0.25) is 0 Å². The minimum atomic E-state index is -4.05. The largest absolute Gasteiger partial charge is 0.403 e. The first-order valence-electron chi connectivity index (χ1n) is 9.52. The molecule has 0 aliphatic rings. The molecule has 1 heterocycles. The van der Waals surface area contributed by atoms with Gasteiger partial charge in [-0.3, -0.25) is 14.8 Å². The van der Waals surface area contributed by atoms with E-state index in [-0.39, 0.29) is 28.1 Å². The summed E-state index contributed by atoms with van der Waals surface area (Å²) >= 11 is 1.56. The van der Waals surface area contributed by atoms with Crippen LogP contribution in [-0.4, -0.2) is 30.8 Å². The van der Waals surface area contributed by atoms with E-state index in [0.717, 1.165) is 29.2 Å². The van der Waals surface area contributed by atoms with E-state index in [9.17, 15) is 17.6 Å². The van der Waals surface area contributed by atoms with Crippen LogP contribution in [0.3, 0.4) is 0 Å². The van der Waals surface area contributed by atoms with Gasteiger partial charge in [-0.05, 0) is 60.9 Å². The lowest BCUT2D eigenvalue weighted by Crippen LogP contribution is -2.18. The highest BCUT2D eigenvalue weighted by Crippen LogP contribution is 2.26. The first-order valence-corrected chi connectivity index (χ1v) is 12.2. The number of halogens is 1. The van der Waals surface area contributed by atoms with Crippen molar-refractivity contribution in [1.82, 2.24) is 10.2 Å². The molecule has 1 aromatic heterocycles. The molecule has 168 valence electrons. The van der Waals surface area contributed by atoms with Gasteiger partial charge in [0.25, 0.3) is 15.9 Å². The number of carbonyl (C=O) groups excluding carboxylic acids is 1. The lowest BCUT2D eigenvalue weighted by atomic mass is 10.2. The molecule has 4 rings (SSSR count). The monoisotopic (exact) mass is 484 g/mol. The minimum absolute atomic E-state index is 0.0340. The Hall–Kier alpha value is -3.70. The van der Waals surface area contributed by atoms with Gasteiger partial charge in [-0.2, -0.15) is 0 Å². The Morgan fingerprint density at radius 3 is 2.52 bits per heavy atom. The molecule has 0 radical (unpaired) electrons. The van der Waals surface area contributed by atoms with E-state index in [1.807, 2.05) is 24.5 Å². The van der Waals surface area contributed by atoms with E-state index in [1.165, 1.54) is 12.1 Å². The number of benzene rings is 3. The number of carbonyl (C=O) groups is 1. The number of thioether (sulfide) groups is 1. The third-order valence-corrected chi connectivity index (χ3v) is 6.61. The standard InChI is InChI=1S/C22H17FN4O4S2/c1-32-16-6-4-5-14(13-16)21-25-26-22(31-21)24-20(28)18-7-2-3-8-19(18)27-33(29,30)17-11-9-15(23)10-12-17/h2-13,27H,1H3,(H,24,26,28). The van der Waals surface area contributed by atoms with Crippen LogP contribution in [0.5, 0.6) is 0 Å². The molecule has 0 unspecified atom stereocenters. The van der Waals surface area contributed by atoms with Crippen LogP contribution in [-0.2, 0) is 10.0 Å². The van der Waals surface area contributed by atoms with Gasteiger partial charge in [-0.15, -0.1) is 16.9 Å². The van der Waals surface area contributed by atoms with E-state index < -0.39 is 21.7 Å². The van der Waals surface area contributed by atoms with Crippen molar-refractivity contribution in [3.63, 3.8) is 0 Å². The number of hydrogen-bond acceptors (Lipinski definition) is 7. The van der Waals surface area contributed by atoms with Crippen molar-refractivity contribution in [3.8, 4) is 11.5 Å². The second-order valence-corrected chi connectivity index (χ2v) is 9.27. The summed E-state index contributed by atoms with van der Waals surface area (Å²) in [5.74, 6) is -0.986. The number of anilines is 2. The van der Waals surface area contributed by atoms with Crippen LogP contribution >= 0.6 is 11.8 Å². The van der Waals surface area contributed by atoms with Gasteiger partial charge >= 0.3 is 6.01 Å². The number of sulfonamides is 1. The van der Waals surface area contributed by atoms with Crippen molar-refractivity contribution in [3.05, 3.63) is 84.2 Å². The number of aromatic nitrogens is 2. The molecule has 0 aliphatic carbocycles. The summed E-state index contributed by atoms with van der Waals surface area (Å²) in [6.07, 6.45) is 1.94. The predicted molar refractivity (Wildman–Crippen MR) is 123 cm³/mol. The van der Waals surface area contributed by atoms with Gasteiger partial charge in [0.2, 0.25) is 5.89 Å². The van der Waals surface area contributed by atoms with Crippen LogP contribution in [0, 0.1) is 5.82 Å². The number of hydrogen-bond donors (Lipinski definition) is 2. The molecule has 0 saturated carbocycles. The number of amides is 1. The summed E-state index contributed by atoms with van der Waals surface area (Å²) in [6, 6.07) is 17.7. The zero-order valence-electron chi connectivity index (χ0n) is 17.2. The summed E-state index contributed by atoms with van der Waals surface area (Å²) in [4.78, 5) is 13.7. The molecule has 3 aromatic carbocycles. The van der Waals surface area contributed by atoms with Gasteiger partial charge in [0.05, 0.1) is 16.1 Å². The van der Waals surface area contributed by atoms with Crippen LogP contribution in [0.25, 0.3) is 11.5 Å². The van der Waals surface area contributed by atoms with E-state index in [1.54, 1.807) is 30.0 Å². The Kier molecular flexibility index (Phi) is 6.43. The fourth-order valence-corrected chi connectivity index (χ4v) is 4.44. The third kappa shape index (κ3) is 5.21. The summed E-state index contributed by atoms with van der Waals surface area (Å²) < 4.78 is 46.3. The van der Waals surface area contributed by atoms with Crippen molar-refractivity contribution < 1.29 is 22.0 Å². The van der Waals surface area contributed by atoms with Crippen LogP contribution in [0.1, 0.15) is 10.4 Å². The quantitative estimate of drug-likeness (QED) is 0.367.